The third-order valence-electron chi connectivity index (χ3n) is 2.96. The Balaban J connectivity index is 2.25. The second-order valence-electron chi connectivity index (χ2n) is 5.43. The normalized spacial score (nSPS) is 11.3. The fraction of sp³-hybridized carbons (Fsp3) is 0.200. The summed E-state index contributed by atoms with van der Waals surface area (Å²) in [5.41, 5.74) is -0.770. The van der Waals surface area contributed by atoms with Gasteiger partial charge in [0.25, 0.3) is 5.56 Å². The molecule has 0 saturated carbocycles. The largest absolute Gasteiger partial charge is 0.378 e. The molecule has 3 aromatic heterocycles. The lowest BCUT2D eigenvalue weighted by molar-refractivity contribution is 0.143. The fourth-order valence-corrected chi connectivity index (χ4v) is 1.96. The Bertz CT molecular complexity index is 1060. The van der Waals surface area contributed by atoms with Gasteiger partial charge in [-0.05, 0) is 19.9 Å². The van der Waals surface area contributed by atoms with Gasteiger partial charge in [0.1, 0.15) is 5.60 Å². The molecule has 3 heterocycles. The van der Waals surface area contributed by atoms with E-state index >= 15 is 0 Å². The van der Waals surface area contributed by atoms with Crippen molar-refractivity contribution in [1.29, 1.82) is 0 Å². The van der Waals surface area contributed by atoms with Gasteiger partial charge in [-0.1, -0.05) is 11.8 Å². The molecule has 0 unspecified atom stereocenters. The molecule has 0 aliphatic heterocycles. The smallest absolute Gasteiger partial charge is 0.325 e. The van der Waals surface area contributed by atoms with Crippen LogP contribution in [-0.4, -0.2) is 35.3 Å². The minimum absolute atomic E-state index is 0.200. The third-order valence-corrected chi connectivity index (χ3v) is 2.96. The number of aliphatic hydroxyl groups is 1. The summed E-state index contributed by atoms with van der Waals surface area (Å²) in [7, 11) is 0. The number of hydrogen-bond acceptors (Lipinski definition) is 5. The minimum Gasteiger partial charge on any atom is -0.378 e. The van der Waals surface area contributed by atoms with E-state index in [4.69, 9.17) is 0 Å². The van der Waals surface area contributed by atoms with E-state index < -0.39 is 16.9 Å². The van der Waals surface area contributed by atoms with Crippen LogP contribution >= 0.6 is 0 Å². The van der Waals surface area contributed by atoms with Crippen LogP contribution in [0.4, 0.5) is 0 Å². The topological polar surface area (TPSA) is 116 Å². The molecule has 0 atom stereocenters. The summed E-state index contributed by atoms with van der Waals surface area (Å²) >= 11 is 0. The van der Waals surface area contributed by atoms with Gasteiger partial charge in [0.15, 0.2) is 5.65 Å². The van der Waals surface area contributed by atoms with Gasteiger partial charge in [0.05, 0.1) is 16.8 Å². The number of H-pyrrole nitrogens is 2. The van der Waals surface area contributed by atoms with Gasteiger partial charge in [-0.15, -0.1) is 0 Å². The molecule has 23 heavy (non-hydrogen) atoms. The number of aromatic nitrogens is 5. The molecule has 0 spiro atoms. The molecule has 0 aliphatic rings. The highest BCUT2D eigenvalue weighted by Crippen LogP contribution is 2.16. The second-order valence-corrected chi connectivity index (χ2v) is 5.43. The SMILES string of the molecule is CC(C)(O)C#Cc1cc(-c2c[nH]c(=O)[nH]c2=O)nn2ccnc12. The lowest BCUT2D eigenvalue weighted by Gasteiger charge is -2.07. The first-order valence-corrected chi connectivity index (χ1v) is 6.76. The fourth-order valence-electron chi connectivity index (χ4n) is 1.96. The number of nitrogens with one attached hydrogen (secondary N) is 2. The van der Waals surface area contributed by atoms with Crippen LogP contribution in [0.3, 0.4) is 0 Å². The molecule has 0 radical (unpaired) electrons. The van der Waals surface area contributed by atoms with Crippen LogP contribution < -0.4 is 11.2 Å². The van der Waals surface area contributed by atoms with Crippen molar-refractivity contribution in [2.75, 3.05) is 0 Å². The molecule has 116 valence electrons. The third kappa shape index (κ3) is 3.04. The van der Waals surface area contributed by atoms with Crippen molar-refractivity contribution in [2.24, 2.45) is 0 Å². The van der Waals surface area contributed by atoms with E-state index in [1.165, 1.54) is 10.7 Å². The molecule has 8 heteroatoms. The number of hydrogen-bond donors (Lipinski definition) is 3. The van der Waals surface area contributed by atoms with Crippen LogP contribution in [0.15, 0.2) is 34.2 Å². The maximum atomic E-state index is 11.9. The Morgan fingerprint density at radius 1 is 1.35 bits per heavy atom. The van der Waals surface area contributed by atoms with Crippen molar-refractivity contribution in [3.63, 3.8) is 0 Å². The van der Waals surface area contributed by atoms with Crippen LogP contribution in [0.25, 0.3) is 16.9 Å². The molecule has 0 fully saturated rings. The lowest BCUT2D eigenvalue weighted by atomic mass is 10.1. The number of imidazole rings is 1. The first kappa shape index (κ1) is 14.7. The summed E-state index contributed by atoms with van der Waals surface area (Å²) in [6.45, 7) is 3.13. The van der Waals surface area contributed by atoms with Gasteiger partial charge in [-0.3, -0.25) is 9.78 Å². The summed E-state index contributed by atoms with van der Waals surface area (Å²) in [6.07, 6.45) is 4.46. The van der Waals surface area contributed by atoms with Crippen molar-refractivity contribution >= 4 is 5.65 Å². The van der Waals surface area contributed by atoms with Gasteiger partial charge in [-0.25, -0.2) is 14.3 Å². The Kier molecular flexibility index (Phi) is 3.35. The Morgan fingerprint density at radius 2 is 2.13 bits per heavy atom. The van der Waals surface area contributed by atoms with E-state index in [-0.39, 0.29) is 5.56 Å². The molecule has 0 bridgehead atoms. The van der Waals surface area contributed by atoms with Gasteiger partial charge in [0.2, 0.25) is 0 Å². The predicted octanol–water partition coefficient (Wildman–Crippen LogP) is -0.105. The van der Waals surface area contributed by atoms with Crippen LogP contribution in [0.2, 0.25) is 0 Å². The minimum atomic E-state index is -1.16. The Morgan fingerprint density at radius 3 is 2.83 bits per heavy atom. The summed E-state index contributed by atoms with van der Waals surface area (Å²) in [6, 6.07) is 1.59. The van der Waals surface area contributed by atoms with Gasteiger partial charge in [0, 0.05) is 18.6 Å². The highest BCUT2D eigenvalue weighted by atomic mass is 16.3. The number of aromatic amines is 2. The molecule has 0 aromatic carbocycles. The van der Waals surface area contributed by atoms with Crippen LogP contribution in [0.1, 0.15) is 19.4 Å². The molecule has 8 nitrogen and oxygen atoms in total. The van der Waals surface area contributed by atoms with Crippen LogP contribution in [0.5, 0.6) is 0 Å². The maximum absolute atomic E-state index is 11.9. The molecular weight excluding hydrogens is 298 g/mol. The molecule has 3 N–H and O–H groups in total. The first-order valence-electron chi connectivity index (χ1n) is 6.76. The zero-order chi connectivity index (χ0) is 16.6. The van der Waals surface area contributed by atoms with Gasteiger partial charge >= 0.3 is 5.69 Å². The molecule has 0 saturated heterocycles. The summed E-state index contributed by atoms with van der Waals surface area (Å²) in [4.78, 5) is 31.8. The van der Waals surface area contributed by atoms with Crippen LogP contribution in [-0.2, 0) is 0 Å². The standard InChI is InChI=1S/C15H13N5O3/c1-15(2,23)4-3-9-7-11(19-20-6-5-16-12(9)20)10-8-17-14(22)18-13(10)21/h5-8,23H,1-2H3,(H2,17,18,21,22). The Hall–Kier alpha value is -3.18. The second kappa shape index (κ2) is 5.23. The van der Waals surface area contributed by atoms with Crippen molar-refractivity contribution in [3.05, 3.63) is 51.1 Å². The molecule has 0 amide bonds. The summed E-state index contributed by atoms with van der Waals surface area (Å²) < 4.78 is 1.48. The molecule has 3 aromatic rings. The number of fused-ring (bicyclic) bond motifs is 1. The maximum Gasteiger partial charge on any atom is 0.325 e. The highest BCUT2D eigenvalue weighted by Gasteiger charge is 2.12. The predicted molar refractivity (Wildman–Crippen MR) is 82.8 cm³/mol. The molecule has 0 aliphatic carbocycles. The zero-order valence-corrected chi connectivity index (χ0v) is 12.4. The van der Waals surface area contributed by atoms with E-state index in [1.807, 2.05) is 0 Å². The molecule has 3 rings (SSSR count). The van der Waals surface area contributed by atoms with Crippen molar-refractivity contribution in [2.45, 2.75) is 19.4 Å². The van der Waals surface area contributed by atoms with E-state index in [2.05, 4.69) is 31.9 Å². The summed E-state index contributed by atoms with van der Waals surface area (Å²) in [5, 5.41) is 14.0. The highest BCUT2D eigenvalue weighted by molar-refractivity contribution is 5.65. The lowest BCUT2D eigenvalue weighted by Crippen LogP contribution is -2.23. The van der Waals surface area contributed by atoms with E-state index in [1.54, 1.807) is 32.3 Å². The van der Waals surface area contributed by atoms with E-state index in [0.29, 0.717) is 16.9 Å². The zero-order valence-electron chi connectivity index (χ0n) is 12.4. The number of rotatable bonds is 1. The van der Waals surface area contributed by atoms with Crippen molar-refractivity contribution in [3.8, 4) is 23.1 Å². The monoisotopic (exact) mass is 311 g/mol. The quantitative estimate of drug-likeness (QED) is 0.542. The van der Waals surface area contributed by atoms with Crippen molar-refractivity contribution < 1.29 is 5.11 Å². The van der Waals surface area contributed by atoms with Crippen molar-refractivity contribution in [1.82, 2.24) is 24.6 Å². The first-order chi connectivity index (χ1) is 10.8. The van der Waals surface area contributed by atoms with Gasteiger partial charge in [-0.2, -0.15) is 5.10 Å². The average Bonchev–Trinajstić information content (AvgIpc) is 2.92. The van der Waals surface area contributed by atoms with E-state index in [0.717, 1.165) is 0 Å². The average molecular weight is 311 g/mol. The van der Waals surface area contributed by atoms with Crippen LogP contribution in [0, 0.1) is 11.8 Å². The van der Waals surface area contributed by atoms with Gasteiger partial charge < -0.3 is 10.1 Å². The molecular formula is C15H13N5O3. The van der Waals surface area contributed by atoms with E-state index in [9.17, 15) is 14.7 Å². The summed E-state index contributed by atoms with van der Waals surface area (Å²) in [5.74, 6) is 5.55. The number of nitrogens with zero attached hydrogens (tertiary/aromatic N) is 3. The Labute approximate surface area is 129 Å².